The van der Waals surface area contributed by atoms with E-state index in [1.165, 1.54) is 70.6 Å². The van der Waals surface area contributed by atoms with E-state index in [2.05, 4.69) is 12.6 Å². The van der Waals surface area contributed by atoms with E-state index in [0.717, 1.165) is 30.7 Å². The SMILES string of the molecule is NC(=O)CN(CCS)C(=S)CCCCCCCCCCCCCCCCC(=O)O. The highest BCUT2D eigenvalue weighted by Crippen LogP contribution is 2.14. The van der Waals surface area contributed by atoms with Gasteiger partial charge in [-0.1, -0.05) is 89.3 Å². The molecular weight excluding hydrogens is 404 g/mol. The number of carbonyl (C=O) groups excluding carboxylic acids is 1. The largest absolute Gasteiger partial charge is 0.481 e. The molecule has 0 aliphatic rings. The summed E-state index contributed by atoms with van der Waals surface area (Å²) >= 11 is 9.64. The van der Waals surface area contributed by atoms with Gasteiger partial charge in [0.1, 0.15) is 0 Å². The summed E-state index contributed by atoms with van der Waals surface area (Å²) in [4.78, 5) is 24.2. The van der Waals surface area contributed by atoms with Crippen molar-refractivity contribution in [3.05, 3.63) is 0 Å². The molecule has 7 heteroatoms. The molecule has 0 aromatic carbocycles. The van der Waals surface area contributed by atoms with Gasteiger partial charge in [0.15, 0.2) is 0 Å². The molecule has 3 N–H and O–H groups in total. The van der Waals surface area contributed by atoms with E-state index in [1.807, 2.05) is 4.90 Å². The Balaban J connectivity index is 3.37. The number of amides is 1. The van der Waals surface area contributed by atoms with E-state index in [-0.39, 0.29) is 12.5 Å². The lowest BCUT2D eigenvalue weighted by atomic mass is 10.0. The maximum Gasteiger partial charge on any atom is 0.303 e. The predicted octanol–water partition coefficient (Wildman–Crippen LogP) is 5.36. The van der Waals surface area contributed by atoms with E-state index in [4.69, 9.17) is 23.1 Å². The van der Waals surface area contributed by atoms with Crippen LogP contribution in [-0.4, -0.2) is 45.7 Å². The summed E-state index contributed by atoms with van der Waals surface area (Å²) < 4.78 is 0. The smallest absolute Gasteiger partial charge is 0.303 e. The number of hydrogen-bond acceptors (Lipinski definition) is 4. The summed E-state index contributed by atoms with van der Waals surface area (Å²) in [6.07, 6.45) is 18.1. The number of nitrogens with two attached hydrogens (primary N) is 1. The van der Waals surface area contributed by atoms with Crippen LogP contribution in [0, 0.1) is 0 Å². The second-order valence-corrected chi connectivity index (χ2v) is 8.77. The maximum absolute atomic E-state index is 11.1. The number of carboxylic acid groups (broad SMARTS) is 1. The minimum Gasteiger partial charge on any atom is -0.481 e. The first-order valence-electron chi connectivity index (χ1n) is 11.4. The zero-order valence-electron chi connectivity index (χ0n) is 18.1. The topological polar surface area (TPSA) is 83.6 Å². The third kappa shape index (κ3) is 20.2. The highest BCUT2D eigenvalue weighted by molar-refractivity contribution is 7.80. The molecule has 0 unspecified atom stereocenters. The molecule has 0 aromatic rings. The Bertz CT molecular complexity index is 448. The number of rotatable bonds is 21. The van der Waals surface area contributed by atoms with Gasteiger partial charge in [-0.2, -0.15) is 12.6 Å². The summed E-state index contributed by atoms with van der Waals surface area (Å²) in [7, 11) is 0. The van der Waals surface area contributed by atoms with Crippen LogP contribution in [0.2, 0.25) is 0 Å². The molecule has 0 spiro atoms. The van der Waals surface area contributed by atoms with Gasteiger partial charge in [-0.15, -0.1) is 0 Å². The molecule has 0 atom stereocenters. The molecule has 0 aromatic heterocycles. The third-order valence-electron chi connectivity index (χ3n) is 5.10. The molecule has 0 aliphatic carbocycles. The summed E-state index contributed by atoms with van der Waals surface area (Å²) in [6.45, 7) is 0.875. The van der Waals surface area contributed by atoms with Gasteiger partial charge in [-0.3, -0.25) is 9.59 Å². The van der Waals surface area contributed by atoms with Crippen molar-refractivity contribution in [1.29, 1.82) is 0 Å². The molecule has 0 fully saturated rings. The van der Waals surface area contributed by atoms with Crippen LogP contribution in [0.4, 0.5) is 0 Å². The maximum atomic E-state index is 11.1. The molecular formula is C22H42N2O3S2. The number of unbranched alkanes of at least 4 members (excludes halogenated alkanes) is 13. The lowest BCUT2D eigenvalue weighted by Gasteiger charge is -2.23. The van der Waals surface area contributed by atoms with E-state index in [1.54, 1.807) is 0 Å². The summed E-state index contributed by atoms with van der Waals surface area (Å²) in [5.41, 5.74) is 5.27. The van der Waals surface area contributed by atoms with E-state index in [0.29, 0.717) is 18.7 Å². The number of carboxylic acids is 1. The molecule has 0 rings (SSSR count). The van der Waals surface area contributed by atoms with Crippen molar-refractivity contribution in [1.82, 2.24) is 4.90 Å². The highest BCUT2D eigenvalue weighted by Gasteiger charge is 2.11. The van der Waals surface area contributed by atoms with Gasteiger partial charge >= 0.3 is 5.97 Å². The summed E-state index contributed by atoms with van der Waals surface area (Å²) in [6, 6.07) is 0. The standard InChI is InChI=1S/C22H42N2O3S2/c23-20(25)19-24(17-18-28)21(29)15-13-11-9-7-5-3-1-2-4-6-8-10-12-14-16-22(26)27/h28H,1-19H2,(H2,23,25)(H,26,27). The zero-order valence-corrected chi connectivity index (χ0v) is 19.8. The Morgan fingerprint density at radius 1 is 0.759 bits per heavy atom. The number of carbonyl (C=O) groups is 2. The van der Waals surface area contributed by atoms with Crippen LogP contribution in [-0.2, 0) is 9.59 Å². The fourth-order valence-electron chi connectivity index (χ4n) is 3.43. The van der Waals surface area contributed by atoms with Crippen LogP contribution >= 0.6 is 24.8 Å². The number of primary amides is 1. The Hall–Kier alpha value is -0.820. The van der Waals surface area contributed by atoms with Gasteiger partial charge in [-0.05, 0) is 19.3 Å². The van der Waals surface area contributed by atoms with Crippen molar-refractivity contribution >= 4 is 41.7 Å². The lowest BCUT2D eigenvalue weighted by molar-refractivity contribution is -0.137. The number of aliphatic carboxylic acids is 1. The van der Waals surface area contributed by atoms with Crippen LogP contribution in [0.1, 0.15) is 103 Å². The minimum absolute atomic E-state index is 0.199. The molecule has 0 radical (unpaired) electrons. The normalized spacial score (nSPS) is 10.8. The Labute approximate surface area is 188 Å². The van der Waals surface area contributed by atoms with E-state index < -0.39 is 5.97 Å². The fourth-order valence-corrected chi connectivity index (χ4v) is 3.97. The quantitative estimate of drug-likeness (QED) is 0.126. The monoisotopic (exact) mass is 446 g/mol. The van der Waals surface area contributed by atoms with E-state index in [9.17, 15) is 9.59 Å². The van der Waals surface area contributed by atoms with Gasteiger partial charge in [0.2, 0.25) is 5.91 Å². The average molecular weight is 447 g/mol. The van der Waals surface area contributed by atoms with E-state index >= 15 is 0 Å². The Kier molecular flexibility index (Phi) is 19.9. The van der Waals surface area contributed by atoms with Crippen LogP contribution in [0.25, 0.3) is 0 Å². The summed E-state index contributed by atoms with van der Waals surface area (Å²) in [5.74, 6) is -0.352. The number of thiol groups is 1. The van der Waals surface area contributed by atoms with Crippen molar-refractivity contribution in [3.63, 3.8) is 0 Å². The van der Waals surface area contributed by atoms with Crippen molar-refractivity contribution in [2.45, 2.75) is 103 Å². The molecule has 0 aliphatic heterocycles. The van der Waals surface area contributed by atoms with Crippen LogP contribution in [0.3, 0.4) is 0 Å². The number of hydrogen-bond donors (Lipinski definition) is 3. The second kappa shape index (κ2) is 20.5. The molecule has 0 heterocycles. The molecule has 0 saturated carbocycles. The first kappa shape index (κ1) is 28.2. The molecule has 0 saturated heterocycles. The molecule has 170 valence electrons. The van der Waals surface area contributed by atoms with Crippen molar-refractivity contribution < 1.29 is 14.7 Å². The first-order chi connectivity index (χ1) is 14.0. The van der Waals surface area contributed by atoms with Gasteiger partial charge < -0.3 is 15.7 Å². The number of thiocarbonyl (C=S) groups is 1. The first-order valence-corrected chi connectivity index (χ1v) is 12.4. The van der Waals surface area contributed by atoms with Gasteiger partial charge in [-0.25, -0.2) is 0 Å². The third-order valence-corrected chi connectivity index (χ3v) is 5.76. The van der Waals surface area contributed by atoms with Crippen LogP contribution in [0.15, 0.2) is 0 Å². The zero-order chi connectivity index (χ0) is 21.7. The molecule has 0 bridgehead atoms. The summed E-state index contributed by atoms with van der Waals surface area (Å²) in [5, 5.41) is 8.58. The molecule has 29 heavy (non-hydrogen) atoms. The van der Waals surface area contributed by atoms with Crippen molar-refractivity contribution in [2.24, 2.45) is 5.73 Å². The van der Waals surface area contributed by atoms with Crippen LogP contribution in [0.5, 0.6) is 0 Å². The fraction of sp³-hybridized carbons (Fsp3) is 0.864. The van der Waals surface area contributed by atoms with Gasteiger partial charge in [0, 0.05) is 18.7 Å². The molecule has 5 nitrogen and oxygen atoms in total. The average Bonchev–Trinajstić information content (AvgIpc) is 2.66. The van der Waals surface area contributed by atoms with Gasteiger partial charge in [0.05, 0.1) is 11.5 Å². The lowest BCUT2D eigenvalue weighted by Crippen LogP contribution is -2.38. The second-order valence-electron chi connectivity index (χ2n) is 7.85. The molecule has 1 amide bonds. The van der Waals surface area contributed by atoms with Crippen molar-refractivity contribution in [2.75, 3.05) is 18.8 Å². The Morgan fingerprint density at radius 2 is 1.14 bits per heavy atom. The van der Waals surface area contributed by atoms with Crippen molar-refractivity contribution in [3.8, 4) is 0 Å². The number of nitrogens with zero attached hydrogens (tertiary/aromatic N) is 1. The predicted molar refractivity (Wildman–Crippen MR) is 129 cm³/mol. The minimum atomic E-state index is -0.676. The Morgan fingerprint density at radius 3 is 1.48 bits per heavy atom. The van der Waals surface area contributed by atoms with Gasteiger partial charge in [0.25, 0.3) is 0 Å². The highest BCUT2D eigenvalue weighted by atomic mass is 32.1. The van der Waals surface area contributed by atoms with Crippen LogP contribution < -0.4 is 5.73 Å².